The summed E-state index contributed by atoms with van der Waals surface area (Å²) in [6.45, 7) is 0. The van der Waals surface area contributed by atoms with E-state index in [1.54, 1.807) is 0 Å². The first-order chi connectivity index (χ1) is 56.2. The van der Waals surface area contributed by atoms with Gasteiger partial charge in [0.15, 0.2) is 29.1 Å². The Balaban J connectivity index is 0.000000115. The van der Waals surface area contributed by atoms with Crippen LogP contribution in [0.5, 0.6) is 0 Å². The van der Waals surface area contributed by atoms with E-state index in [9.17, 15) is 0 Å². The van der Waals surface area contributed by atoms with E-state index >= 15 is 0 Å². The van der Waals surface area contributed by atoms with Gasteiger partial charge >= 0.3 is 0 Å². The smallest absolute Gasteiger partial charge is 0.164 e. The molecule has 0 fully saturated rings. The molecule has 114 heavy (non-hydrogen) atoms. The molecule has 0 bridgehead atoms. The van der Waals surface area contributed by atoms with Gasteiger partial charge in [-0.2, -0.15) is 0 Å². The minimum atomic E-state index is 0.621. The molecule has 0 unspecified atom stereocenters. The van der Waals surface area contributed by atoms with E-state index in [4.69, 9.17) is 49.8 Å². The summed E-state index contributed by atoms with van der Waals surface area (Å²) in [6.07, 6.45) is 5.52. The van der Waals surface area contributed by atoms with E-state index in [1.807, 2.05) is 195 Å². The van der Waals surface area contributed by atoms with Crippen LogP contribution in [-0.4, -0.2) is 63.5 Å². The van der Waals surface area contributed by atoms with Crippen LogP contribution >= 0.6 is 47.8 Å². The molecule has 0 aliphatic rings. The summed E-state index contributed by atoms with van der Waals surface area (Å²) in [5.74, 6) is 3.29. The average molecular weight is 1660 g/mol. The van der Waals surface area contributed by atoms with E-state index < -0.39 is 0 Å². The summed E-state index contributed by atoms with van der Waals surface area (Å²) < 4.78 is 9.75. The summed E-state index contributed by atoms with van der Waals surface area (Å²) in [5.41, 5.74) is 21.5. The van der Waals surface area contributed by atoms with Gasteiger partial charge in [0.25, 0.3) is 0 Å². The molecule has 21 rings (SSSR count). The van der Waals surface area contributed by atoms with Gasteiger partial charge in [0.1, 0.15) is 16.9 Å². The molecule has 0 radical (unpaired) electrons. The Bertz CT molecular complexity index is 6290. The molecule has 0 N–H and O–H groups in total. The Morgan fingerprint density at radius 3 is 0.763 bits per heavy atom. The summed E-state index contributed by atoms with van der Waals surface area (Å²) >= 11 is 10.9. The minimum absolute atomic E-state index is 0.621. The Morgan fingerprint density at radius 1 is 0.184 bits per heavy atom. The Kier molecular flexibility index (Phi) is 19.2. The van der Waals surface area contributed by atoms with Crippen molar-refractivity contribution >= 4 is 114 Å². The molecule has 0 saturated heterocycles. The molecule has 0 saturated carbocycles. The predicted octanol–water partition coefficient (Wildman–Crippen LogP) is 25.6. The third-order valence-corrected chi connectivity index (χ3v) is 21.5. The molecule has 21 aromatic rings. The molecule has 13 nitrogen and oxygen atoms in total. The van der Waals surface area contributed by atoms with E-state index in [2.05, 4.69) is 243 Å². The normalized spacial score (nSPS) is 11.3. The van der Waals surface area contributed by atoms with Crippen LogP contribution in [0.4, 0.5) is 0 Å². The van der Waals surface area contributed by atoms with Crippen molar-refractivity contribution in [1.29, 1.82) is 0 Å². The van der Waals surface area contributed by atoms with Crippen LogP contribution in [0.25, 0.3) is 185 Å². The molecule has 9 heterocycles. The number of pyridine rings is 3. The lowest BCUT2D eigenvalue weighted by Crippen LogP contribution is -2.01. The van der Waals surface area contributed by atoms with Crippen molar-refractivity contribution in [2.24, 2.45) is 0 Å². The van der Waals surface area contributed by atoms with Gasteiger partial charge in [0.05, 0.1) is 39.3 Å². The van der Waals surface area contributed by atoms with Crippen molar-refractivity contribution in [1.82, 2.24) is 63.5 Å². The topological polar surface area (TPSA) is 144 Å². The summed E-state index contributed by atoms with van der Waals surface area (Å²) in [5, 5.41) is 6.80. The maximum absolute atomic E-state index is 5.02. The van der Waals surface area contributed by atoms with Gasteiger partial charge in [-0.15, -0.1) is 0 Å². The number of benzene rings is 12. The van der Waals surface area contributed by atoms with Crippen molar-refractivity contribution in [2.45, 2.75) is 0 Å². The van der Waals surface area contributed by atoms with Crippen molar-refractivity contribution in [3.05, 3.63) is 390 Å². The third-order valence-electron chi connectivity index (χ3n) is 20.0. The maximum Gasteiger partial charge on any atom is 0.164 e. The number of rotatable bonds is 12. The molecule has 16 heteroatoms. The third kappa shape index (κ3) is 14.1. The summed E-state index contributed by atoms with van der Waals surface area (Å²) in [6, 6.07) is 122. The molecule has 9 aromatic heterocycles. The zero-order valence-electron chi connectivity index (χ0n) is 60.7. The molecule has 12 aromatic carbocycles. The fourth-order valence-electron chi connectivity index (χ4n) is 14.7. The van der Waals surface area contributed by atoms with E-state index in [1.165, 1.54) is 0 Å². The second-order valence-corrected chi connectivity index (χ2v) is 29.9. The zero-order valence-corrected chi connectivity index (χ0v) is 65.5. The van der Waals surface area contributed by atoms with E-state index in [0.29, 0.717) is 29.1 Å². The van der Waals surface area contributed by atoms with E-state index in [0.717, 1.165) is 169 Å². The second kappa shape index (κ2) is 31.1. The highest BCUT2D eigenvalue weighted by molar-refractivity contribution is 9.11. The predicted molar refractivity (Wildman–Crippen MR) is 472 cm³/mol. The van der Waals surface area contributed by atoms with Crippen molar-refractivity contribution in [3.63, 3.8) is 0 Å². The van der Waals surface area contributed by atoms with Crippen LogP contribution in [0.1, 0.15) is 0 Å². The van der Waals surface area contributed by atoms with Crippen LogP contribution in [0.15, 0.2) is 390 Å². The summed E-state index contributed by atoms with van der Waals surface area (Å²) in [7, 11) is 0. The van der Waals surface area contributed by atoms with Gasteiger partial charge in [-0.25, -0.2) is 49.8 Å². The largest absolute Gasteiger partial charge is 0.294 e. The van der Waals surface area contributed by atoms with Gasteiger partial charge in [-0.3, -0.25) is 13.7 Å². The van der Waals surface area contributed by atoms with Gasteiger partial charge in [0.2, 0.25) is 0 Å². The highest BCUT2D eigenvalue weighted by Crippen LogP contribution is 2.40. The van der Waals surface area contributed by atoms with Gasteiger partial charge < -0.3 is 0 Å². The lowest BCUT2D eigenvalue weighted by atomic mass is 10.1. The minimum Gasteiger partial charge on any atom is -0.294 e. The van der Waals surface area contributed by atoms with Crippen LogP contribution in [-0.2, 0) is 0 Å². The lowest BCUT2D eigenvalue weighted by molar-refractivity contribution is 1.07. The highest BCUT2D eigenvalue weighted by atomic mass is 79.9. The molecule has 0 aliphatic heterocycles. The average Bonchev–Trinajstić information content (AvgIpc) is 1.69. The van der Waals surface area contributed by atoms with Gasteiger partial charge in [0, 0.05) is 131 Å². The lowest BCUT2D eigenvalue weighted by Gasteiger charge is -2.12. The van der Waals surface area contributed by atoms with Crippen molar-refractivity contribution in [2.75, 3.05) is 0 Å². The molecular weight excluding hydrogens is 1600 g/mol. The highest BCUT2D eigenvalue weighted by Gasteiger charge is 2.21. The molecule has 0 atom stereocenters. The number of halogens is 3. The van der Waals surface area contributed by atoms with Crippen LogP contribution < -0.4 is 0 Å². The van der Waals surface area contributed by atoms with Crippen LogP contribution in [0.2, 0.25) is 0 Å². The maximum atomic E-state index is 5.02. The SMILES string of the molecule is Brc1ccc2c(c1)c1cccnc1n2-c1cccc(-c2cc(-c3ccccc3)nc(-c3ccccc3)n2)c1.Brc1ccc2c(c1)c1cccnc1n2-c1cccc(-c2nc(-c3ccccc3)cc(-c3ccccc3)n2)c1.Brc1ccc2c(c1)c1cccnc1n2-c1cccc(-c2nc(-c3ccccc3)nc(-c3ccccc3)n2)c1. The summed E-state index contributed by atoms with van der Waals surface area (Å²) in [4.78, 5) is 48.9. The fraction of sp³-hybridized carbons (Fsp3) is 0. The number of aromatic nitrogens is 13. The quantitative estimate of drug-likeness (QED) is 0.116. The first kappa shape index (κ1) is 70.5. The molecule has 0 aliphatic carbocycles. The van der Waals surface area contributed by atoms with Gasteiger partial charge in [-0.05, 0) is 140 Å². The Labute approximate surface area is 680 Å². The standard InChI is InChI=1S/2C33H21BrN4.C32H20BrN5/c34-25-16-17-31-28(20-25)27-15-8-18-35-33(27)38(31)26-14-7-13-24(19-26)30-21-29(22-9-3-1-4-10-22)36-32(37-30)23-11-5-2-6-12-23;34-25-16-17-31-28(20-25)27-15-8-18-35-33(27)38(31)26-14-7-13-24(19-26)32-36-29(22-9-3-1-4-10-22)21-30(37-32)23-11-5-2-6-12-23;33-24-16-17-28-27(20-24)26-15-8-18-34-32(26)38(28)25-14-7-13-23(19-25)31-36-29(21-9-3-1-4-10-21)35-30(37-31)22-11-5-2-6-12-22/h2*1-21H;1-20H. The zero-order chi connectivity index (χ0) is 76.4. The second-order valence-electron chi connectivity index (χ2n) is 27.2. The molecular formula is C98H62Br3N13. The Hall–Kier alpha value is -13.9. The van der Waals surface area contributed by atoms with Gasteiger partial charge in [-0.1, -0.05) is 266 Å². The first-order valence-electron chi connectivity index (χ1n) is 37.1. The van der Waals surface area contributed by atoms with Crippen molar-refractivity contribution in [3.8, 4) is 119 Å². The number of hydrogen-bond acceptors (Lipinski definition) is 10. The number of nitrogens with zero attached hydrogens (tertiary/aromatic N) is 13. The fourth-order valence-corrected chi connectivity index (χ4v) is 15.8. The number of hydrogen-bond donors (Lipinski definition) is 0. The van der Waals surface area contributed by atoms with Crippen LogP contribution in [0.3, 0.4) is 0 Å². The Morgan fingerprint density at radius 2 is 0.439 bits per heavy atom. The van der Waals surface area contributed by atoms with E-state index in [-0.39, 0.29) is 0 Å². The molecule has 0 spiro atoms. The van der Waals surface area contributed by atoms with Crippen molar-refractivity contribution < 1.29 is 0 Å². The van der Waals surface area contributed by atoms with Crippen LogP contribution in [0, 0.1) is 0 Å². The first-order valence-corrected chi connectivity index (χ1v) is 39.4. The monoisotopic (exact) mass is 1660 g/mol. The molecule has 0 amide bonds. The molecule has 540 valence electrons. The number of fused-ring (bicyclic) bond motifs is 9.